The van der Waals surface area contributed by atoms with E-state index in [0.717, 1.165) is 49.1 Å². The van der Waals surface area contributed by atoms with Crippen LogP contribution in [0, 0.1) is 5.82 Å². The second kappa shape index (κ2) is 20.1. The van der Waals surface area contributed by atoms with Crippen molar-refractivity contribution in [2.75, 3.05) is 33.4 Å². The Morgan fingerprint density at radius 3 is 2.13 bits per heavy atom. The number of nitrogens with one attached hydrogen (secondary N) is 2. The van der Waals surface area contributed by atoms with E-state index in [0.29, 0.717) is 38.8 Å². The molecule has 0 spiro atoms. The van der Waals surface area contributed by atoms with Gasteiger partial charge in [0.2, 0.25) is 11.8 Å². The molecule has 2 amide bonds. The second-order valence-electron chi connectivity index (χ2n) is 13.6. The lowest BCUT2D eigenvalue weighted by atomic mass is 9.68. The van der Waals surface area contributed by atoms with E-state index in [1.165, 1.54) is 28.8 Å². The summed E-state index contributed by atoms with van der Waals surface area (Å²) in [6.45, 7) is 3.93. The Kier molecular flexibility index (Phi) is 15.7. The zero-order chi connectivity index (χ0) is 36.1. The molecule has 278 valence electrons. The molecule has 0 saturated carbocycles. The third-order valence-electron chi connectivity index (χ3n) is 10.4. The monoisotopic (exact) mass is 729 g/mol. The number of aliphatic hydroxyl groups excluding tert-OH is 1. The van der Waals surface area contributed by atoms with E-state index in [1.54, 1.807) is 19.2 Å². The van der Waals surface area contributed by atoms with E-state index < -0.39 is 0 Å². The summed E-state index contributed by atoms with van der Waals surface area (Å²) in [5.74, 6) is 0.508. The van der Waals surface area contributed by atoms with E-state index in [9.17, 15) is 19.1 Å². The molecule has 0 aromatic heterocycles. The summed E-state index contributed by atoms with van der Waals surface area (Å²) in [4.78, 5) is 28.7. The summed E-state index contributed by atoms with van der Waals surface area (Å²) >= 11 is 0. The van der Waals surface area contributed by atoms with Gasteiger partial charge < -0.3 is 20.5 Å². The lowest BCUT2D eigenvalue weighted by molar-refractivity contribution is -0.128. The van der Waals surface area contributed by atoms with Crippen LogP contribution in [0.25, 0.3) is 0 Å². The third-order valence-corrected chi connectivity index (χ3v) is 10.4. The maximum atomic E-state index is 13.6. The maximum absolute atomic E-state index is 13.6. The summed E-state index contributed by atoms with van der Waals surface area (Å²) in [5.41, 5.74) is 5.44. The van der Waals surface area contributed by atoms with Crippen molar-refractivity contribution in [3.8, 4) is 5.75 Å². The highest BCUT2D eigenvalue weighted by atomic mass is 35.5. The van der Waals surface area contributed by atoms with E-state index in [4.69, 9.17) is 4.74 Å². The lowest BCUT2D eigenvalue weighted by Crippen LogP contribution is -2.52. The van der Waals surface area contributed by atoms with Gasteiger partial charge in [-0.25, -0.2) is 4.39 Å². The molecule has 4 aromatic carbocycles. The largest absolute Gasteiger partial charge is 0.497 e. The number of methoxy groups -OCH3 is 1. The minimum Gasteiger partial charge on any atom is -0.497 e. The number of fused-ring (bicyclic) bond motifs is 1. The van der Waals surface area contributed by atoms with E-state index in [2.05, 4.69) is 83.1 Å². The number of aryl methyl sites for hydroxylation is 1. The number of aliphatic hydroxyl groups is 1. The van der Waals surface area contributed by atoms with Crippen LogP contribution in [-0.2, 0) is 27.8 Å². The van der Waals surface area contributed by atoms with Crippen LogP contribution >= 0.6 is 12.4 Å². The lowest BCUT2D eigenvalue weighted by Gasteiger charge is -2.42. The van der Waals surface area contributed by atoms with Gasteiger partial charge in [0.1, 0.15) is 11.6 Å². The summed E-state index contributed by atoms with van der Waals surface area (Å²) in [6.07, 6.45) is 5.37. The van der Waals surface area contributed by atoms with Crippen molar-refractivity contribution >= 4 is 24.2 Å². The highest BCUT2D eigenvalue weighted by Crippen LogP contribution is 2.42. The zero-order valence-corrected chi connectivity index (χ0v) is 31.2. The fourth-order valence-electron chi connectivity index (χ4n) is 7.61. The van der Waals surface area contributed by atoms with Gasteiger partial charge in [-0.1, -0.05) is 78.9 Å². The van der Waals surface area contributed by atoms with Crippen molar-refractivity contribution in [1.29, 1.82) is 0 Å². The number of rotatable bonds is 18. The summed E-state index contributed by atoms with van der Waals surface area (Å²) in [6, 6.07) is 33.4. The number of benzene rings is 4. The van der Waals surface area contributed by atoms with Crippen LogP contribution in [0.15, 0.2) is 103 Å². The predicted octanol–water partition coefficient (Wildman–Crippen LogP) is 7.34. The summed E-state index contributed by atoms with van der Waals surface area (Å²) in [5, 5.41) is 15.5. The van der Waals surface area contributed by atoms with Gasteiger partial charge in [-0.2, -0.15) is 0 Å². The molecule has 9 heteroatoms. The van der Waals surface area contributed by atoms with Crippen molar-refractivity contribution in [3.05, 3.63) is 137 Å². The smallest absolute Gasteiger partial charge is 0.237 e. The standard InChI is InChI=1S/C43H52FN3O4.ClH/c1-32-39-31-38(51-2)22-19-34(39)30-40(42(50)46-27-11-29-48)47(32)28-10-25-43(35-12-5-3-6-13-35,36-14-7-4-8-15-36)24-9-26-45-41(49)23-18-33-16-20-37(44)21-17-33;/h3-8,12-17,19-22,31-32,40,48H,9-11,18,23-30H2,1-2H3,(H,45,49)(H,46,50);1H. The van der Waals surface area contributed by atoms with Gasteiger partial charge in [0.25, 0.3) is 0 Å². The fourth-order valence-corrected chi connectivity index (χ4v) is 7.61. The average Bonchev–Trinajstić information content (AvgIpc) is 3.17. The van der Waals surface area contributed by atoms with E-state index in [1.807, 2.05) is 18.2 Å². The van der Waals surface area contributed by atoms with Gasteiger partial charge in [-0.05, 0) is 110 Å². The van der Waals surface area contributed by atoms with Crippen LogP contribution in [0.4, 0.5) is 4.39 Å². The first kappa shape index (κ1) is 40.5. The van der Waals surface area contributed by atoms with Crippen LogP contribution in [0.5, 0.6) is 5.75 Å². The number of halogens is 2. The van der Waals surface area contributed by atoms with Crippen LogP contribution in [0.3, 0.4) is 0 Å². The minimum absolute atomic E-state index is 0. The number of nitrogens with zero attached hydrogens (tertiary/aromatic N) is 1. The molecule has 2 atom stereocenters. The molecule has 1 heterocycles. The van der Waals surface area contributed by atoms with Crippen LogP contribution < -0.4 is 15.4 Å². The minimum atomic E-state index is -0.326. The van der Waals surface area contributed by atoms with Crippen LogP contribution in [0.2, 0.25) is 0 Å². The van der Waals surface area contributed by atoms with Gasteiger partial charge in [-0.15, -0.1) is 12.4 Å². The summed E-state index contributed by atoms with van der Waals surface area (Å²) < 4.78 is 18.9. The molecular formula is C43H53ClFN3O4. The third kappa shape index (κ3) is 10.4. The molecule has 0 fully saturated rings. The Morgan fingerprint density at radius 1 is 0.865 bits per heavy atom. The molecular weight excluding hydrogens is 677 g/mol. The molecule has 4 aromatic rings. The predicted molar refractivity (Wildman–Crippen MR) is 207 cm³/mol. The molecule has 1 aliphatic rings. The van der Waals surface area contributed by atoms with Crippen LogP contribution in [0.1, 0.15) is 79.3 Å². The van der Waals surface area contributed by atoms with Crippen molar-refractivity contribution < 1.29 is 23.8 Å². The molecule has 7 nitrogen and oxygen atoms in total. The SMILES string of the molecule is COc1ccc2c(c1)C(C)N(CCCC(CCCNC(=O)CCc1ccc(F)cc1)(c1ccccc1)c1ccccc1)C(C(=O)NCCCO)C2.Cl. The molecule has 0 bridgehead atoms. The first-order chi connectivity index (χ1) is 24.8. The first-order valence-electron chi connectivity index (χ1n) is 18.3. The fraction of sp³-hybridized carbons (Fsp3) is 0.395. The Bertz CT molecular complexity index is 1650. The molecule has 1 aliphatic heterocycles. The van der Waals surface area contributed by atoms with Crippen molar-refractivity contribution in [2.45, 2.75) is 75.8 Å². The Balaban J connectivity index is 0.00000605. The number of amides is 2. The topological polar surface area (TPSA) is 90.9 Å². The number of carbonyl (C=O) groups is 2. The Hall–Kier alpha value is -4.24. The molecule has 5 rings (SSSR count). The Morgan fingerprint density at radius 2 is 1.50 bits per heavy atom. The normalized spacial score (nSPS) is 15.6. The number of carbonyl (C=O) groups excluding carboxylic acids is 2. The molecule has 0 radical (unpaired) electrons. The van der Waals surface area contributed by atoms with Gasteiger partial charge in [0.15, 0.2) is 0 Å². The summed E-state index contributed by atoms with van der Waals surface area (Å²) in [7, 11) is 1.68. The second-order valence-corrected chi connectivity index (χ2v) is 13.6. The van der Waals surface area contributed by atoms with Gasteiger partial charge in [-0.3, -0.25) is 14.5 Å². The number of hydrogen-bond donors (Lipinski definition) is 3. The maximum Gasteiger partial charge on any atom is 0.237 e. The zero-order valence-electron chi connectivity index (χ0n) is 30.4. The number of hydrogen-bond acceptors (Lipinski definition) is 5. The van der Waals surface area contributed by atoms with Crippen molar-refractivity contribution in [2.24, 2.45) is 0 Å². The van der Waals surface area contributed by atoms with Gasteiger partial charge in [0.05, 0.1) is 13.2 Å². The molecule has 52 heavy (non-hydrogen) atoms. The molecule has 3 N–H and O–H groups in total. The van der Waals surface area contributed by atoms with E-state index >= 15 is 0 Å². The quantitative estimate of drug-likeness (QED) is 0.0934. The molecule has 0 aliphatic carbocycles. The van der Waals surface area contributed by atoms with Gasteiger partial charge in [0, 0.05) is 37.6 Å². The highest BCUT2D eigenvalue weighted by Gasteiger charge is 2.38. The van der Waals surface area contributed by atoms with Crippen molar-refractivity contribution in [1.82, 2.24) is 15.5 Å². The average molecular weight is 730 g/mol. The molecule has 0 saturated heterocycles. The van der Waals surface area contributed by atoms with E-state index in [-0.39, 0.29) is 54.1 Å². The Labute approximate surface area is 314 Å². The highest BCUT2D eigenvalue weighted by molar-refractivity contribution is 5.85. The van der Waals surface area contributed by atoms with Crippen LogP contribution in [-0.4, -0.2) is 61.2 Å². The first-order valence-corrected chi connectivity index (χ1v) is 18.3. The van der Waals surface area contributed by atoms with Crippen molar-refractivity contribution in [3.63, 3.8) is 0 Å². The molecule has 2 unspecified atom stereocenters. The number of ether oxygens (including phenoxy) is 1. The van der Waals surface area contributed by atoms with Gasteiger partial charge >= 0.3 is 0 Å².